The van der Waals surface area contributed by atoms with E-state index in [2.05, 4.69) is 17.4 Å². The summed E-state index contributed by atoms with van der Waals surface area (Å²) < 4.78 is 0. The second-order valence-electron chi connectivity index (χ2n) is 5.81. The van der Waals surface area contributed by atoms with Gasteiger partial charge in [-0.1, -0.05) is 26.7 Å². The molecule has 0 radical (unpaired) electrons. The number of nitrogens with one attached hydrogen (secondary N) is 1. The third kappa shape index (κ3) is 5.53. The summed E-state index contributed by atoms with van der Waals surface area (Å²) in [5, 5.41) is 3.64. The lowest BCUT2D eigenvalue weighted by Gasteiger charge is -2.15. The highest BCUT2D eigenvalue weighted by molar-refractivity contribution is 8.00. The first-order valence-electron chi connectivity index (χ1n) is 7.39. The number of amides is 1. The monoisotopic (exact) mass is 328 g/mol. The van der Waals surface area contributed by atoms with Gasteiger partial charge < -0.3 is 11.1 Å². The normalized spacial score (nSPS) is 16.6. The average molecular weight is 329 g/mol. The molecular formula is C16H25ClN2OS. The largest absolute Gasteiger partial charge is 0.325 e. The molecule has 1 fully saturated rings. The van der Waals surface area contributed by atoms with E-state index in [1.165, 1.54) is 30.6 Å². The van der Waals surface area contributed by atoms with Gasteiger partial charge in [-0.25, -0.2) is 0 Å². The Hall–Kier alpha value is -0.710. The zero-order valence-electron chi connectivity index (χ0n) is 12.7. The maximum Gasteiger partial charge on any atom is 0.241 e. The lowest BCUT2D eigenvalue weighted by Crippen LogP contribution is -2.39. The Kier molecular flexibility index (Phi) is 7.57. The molecule has 21 heavy (non-hydrogen) atoms. The van der Waals surface area contributed by atoms with Crippen molar-refractivity contribution in [2.75, 3.05) is 5.32 Å². The van der Waals surface area contributed by atoms with E-state index in [0.29, 0.717) is 0 Å². The van der Waals surface area contributed by atoms with E-state index in [4.69, 9.17) is 5.73 Å². The molecule has 2 rings (SSSR count). The number of halogens is 1. The van der Waals surface area contributed by atoms with Crippen LogP contribution in [-0.2, 0) is 4.79 Å². The molecule has 0 unspecified atom stereocenters. The van der Waals surface area contributed by atoms with Crippen LogP contribution in [0.25, 0.3) is 0 Å². The lowest BCUT2D eigenvalue weighted by atomic mass is 10.1. The van der Waals surface area contributed by atoms with E-state index in [1.807, 2.05) is 37.7 Å². The maximum absolute atomic E-state index is 11.9. The minimum Gasteiger partial charge on any atom is -0.325 e. The second kappa shape index (κ2) is 8.66. The summed E-state index contributed by atoms with van der Waals surface area (Å²) in [5.41, 5.74) is 6.65. The van der Waals surface area contributed by atoms with Gasteiger partial charge in [0.2, 0.25) is 5.91 Å². The molecule has 1 saturated carbocycles. The first-order chi connectivity index (χ1) is 9.56. The van der Waals surface area contributed by atoms with Crippen LogP contribution in [0.4, 0.5) is 5.69 Å². The quantitative estimate of drug-likeness (QED) is 0.856. The Morgan fingerprint density at radius 2 is 1.81 bits per heavy atom. The van der Waals surface area contributed by atoms with Crippen LogP contribution >= 0.6 is 24.2 Å². The number of anilines is 1. The Labute approximate surface area is 137 Å². The molecule has 0 saturated heterocycles. The summed E-state index contributed by atoms with van der Waals surface area (Å²) in [6.07, 6.45) is 5.37. The van der Waals surface area contributed by atoms with Crippen molar-refractivity contribution >= 4 is 35.8 Å². The first-order valence-corrected chi connectivity index (χ1v) is 8.27. The fraction of sp³-hybridized carbons (Fsp3) is 0.562. The van der Waals surface area contributed by atoms with Crippen molar-refractivity contribution in [3.05, 3.63) is 24.3 Å². The van der Waals surface area contributed by atoms with E-state index in [1.54, 1.807) is 0 Å². The number of hydrogen-bond donors (Lipinski definition) is 2. The van der Waals surface area contributed by atoms with Crippen molar-refractivity contribution in [1.82, 2.24) is 0 Å². The van der Waals surface area contributed by atoms with Crippen molar-refractivity contribution in [3.8, 4) is 0 Å². The maximum atomic E-state index is 11.9. The first kappa shape index (κ1) is 18.3. The van der Waals surface area contributed by atoms with Crippen LogP contribution in [0, 0.1) is 5.92 Å². The fourth-order valence-corrected chi connectivity index (χ4v) is 3.59. The van der Waals surface area contributed by atoms with Crippen molar-refractivity contribution in [2.45, 2.75) is 55.7 Å². The number of carbonyl (C=O) groups excluding carboxylic acids is 1. The van der Waals surface area contributed by atoms with E-state index in [9.17, 15) is 4.79 Å². The molecule has 0 bridgehead atoms. The van der Waals surface area contributed by atoms with Crippen LogP contribution in [0.2, 0.25) is 0 Å². The molecule has 0 spiro atoms. The van der Waals surface area contributed by atoms with Gasteiger partial charge in [-0.3, -0.25) is 4.79 Å². The molecule has 3 N–H and O–H groups in total. The van der Waals surface area contributed by atoms with Crippen molar-refractivity contribution in [1.29, 1.82) is 0 Å². The molecule has 5 heteroatoms. The van der Waals surface area contributed by atoms with Crippen molar-refractivity contribution < 1.29 is 4.79 Å². The fourth-order valence-electron chi connectivity index (χ4n) is 2.34. The number of rotatable bonds is 5. The standard InChI is InChI=1S/C16H24N2OS.ClH/c1-11(2)15(17)16(19)18-12-7-9-14(10-8-12)20-13-5-3-4-6-13;/h7-11,13,15H,3-6,17H2,1-2H3,(H,18,19);1H/t15-;/m1./s1. The Balaban J connectivity index is 0.00000220. The van der Waals surface area contributed by atoms with Crippen molar-refractivity contribution in [3.63, 3.8) is 0 Å². The predicted molar refractivity (Wildman–Crippen MR) is 93.2 cm³/mol. The Morgan fingerprint density at radius 1 is 1.24 bits per heavy atom. The van der Waals surface area contributed by atoms with Gasteiger partial charge >= 0.3 is 0 Å². The summed E-state index contributed by atoms with van der Waals surface area (Å²) in [7, 11) is 0. The van der Waals surface area contributed by atoms with E-state index in [-0.39, 0.29) is 24.2 Å². The Bertz CT molecular complexity index is 444. The van der Waals surface area contributed by atoms with Gasteiger partial charge in [-0.05, 0) is 43.0 Å². The van der Waals surface area contributed by atoms with Gasteiger partial charge in [0.25, 0.3) is 0 Å². The van der Waals surface area contributed by atoms with Crippen LogP contribution in [0.5, 0.6) is 0 Å². The summed E-state index contributed by atoms with van der Waals surface area (Å²) in [5.74, 6) is 0.0309. The molecule has 1 aliphatic rings. The molecular weight excluding hydrogens is 304 g/mol. The highest BCUT2D eigenvalue weighted by atomic mass is 35.5. The van der Waals surface area contributed by atoms with Gasteiger partial charge in [0, 0.05) is 15.8 Å². The van der Waals surface area contributed by atoms with E-state index >= 15 is 0 Å². The van der Waals surface area contributed by atoms with E-state index < -0.39 is 6.04 Å². The van der Waals surface area contributed by atoms with Crippen LogP contribution in [0.3, 0.4) is 0 Å². The second-order valence-corrected chi connectivity index (χ2v) is 7.18. The van der Waals surface area contributed by atoms with Crippen molar-refractivity contribution in [2.24, 2.45) is 11.7 Å². The molecule has 1 amide bonds. The van der Waals surface area contributed by atoms with Gasteiger partial charge in [0.15, 0.2) is 0 Å². The number of hydrogen-bond acceptors (Lipinski definition) is 3. The molecule has 1 aliphatic carbocycles. The topological polar surface area (TPSA) is 55.1 Å². The van der Waals surface area contributed by atoms with Gasteiger partial charge in [-0.15, -0.1) is 24.2 Å². The zero-order chi connectivity index (χ0) is 14.5. The number of nitrogens with two attached hydrogens (primary N) is 1. The summed E-state index contributed by atoms with van der Waals surface area (Å²) in [4.78, 5) is 13.2. The summed E-state index contributed by atoms with van der Waals surface area (Å²) >= 11 is 1.95. The van der Waals surface area contributed by atoms with Gasteiger partial charge in [-0.2, -0.15) is 0 Å². The molecule has 0 aliphatic heterocycles. The highest BCUT2D eigenvalue weighted by Gasteiger charge is 2.18. The third-order valence-corrected chi connectivity index (χ3v) is 5.10. The molecule has 0 heterocycles. The third-order valence-electron chi connectivity index (χ3n) is 3.75. The van der Waals surface area contributed by atoms with E-state index in [0.717, 1.165) is 10.9 Å². The molecule has 3 nitrogen and oxygen atoms in total. The van der Waals surface area contributed by atoms with Gasteiger partial charge in [0.05, 0.1) is 6.04 Å². The molecule has 118 valence electrons. The number of thioether (sulfide) groups is 1. The predicted octanol–water partition coefficient (Wildman–Crippen LogP) is 4.06. The molecule has 0 aromatic heterocycles. The molecule has 1 aromatic rings. The van der Waals surface area contributed by atoms with Crippen LogP contribution in [0.1, 0.15) is 39.5 Å². The highest BCUT2D eigenvalue weighted by Crippen LogP contribution is 2.34. The van der Waals surface area contributed by atoms with Crippen LogP contribution in [-0.4, -0.2) is 17.2 Å². The Morgan fingerprint density at radius 3 is 2.33 bits per heavy atom. The SMILES string of the molecule is CC(C)[C@@H](N)C(=O)Nc1ccc(SC2CCCC2)cc1.Cl. The molecule has 1 aromatic carbocycles. The average Bonchev–Trinajstić information content (AvgIpc) is 2.92. The molecule has 1 atom stereocenters. The smallest absolute Gasteiger partial charge is 0.241 e. The number of benzene rings is 1. The van der Waals surface area contributed by atoms with Gasteiger partial charge in [0.1, 0.15) is 0 Å². The number of carbonyl (C=O) groups is 1. The zero-order valence-corrected chi connectivity index (χ0v) is 14.3. The lowest BCUT2D eigenvalue weighted by molar-refractivity contribution is -0.118. The van der Waals surface area contributed by atoms with Crippen LogP contribution < -0.4 is 11.1 Å². The summed E-state index contributed by atoms with van der Waals surface area (Å²) in [6, 6.07) is 7.63. The minimum atomic E-state index is -0.456. The van der Waals surface area contributed by atoms with Crippen LogP contribution in [0.15, 0.2) is 29.2 Å². The summed E-state index contributed by atoms with van der Waals surface area (Å²) in [6.45, 7) is 3.90. The minimum absolute atomic E-state index is 0.